The maximum absolute atomic E-state index is 12.6. The molecule has 0 bridgehead atoms. The van der Waals surface area contributed by atoms with Crippen molar-refractivity contribution in [2.75, 3.05) is 13.2 Å². The van der Waals surface area contributed by atoms with Gasteiger partial charge in [0.05, 0.1) is 18.8 Å². The highest BCUT2D eigenvalue weighted by Gasteiger charge is 2.36. The van der Waals surface area contributed by atoms with E-state index >= 15 is 0 Å². The highest BCUT2D eigenvalue weighted by Crippen LogP contribution is 2.19. The Hall–Kier alpha value is -1.88. The largest absolute Gasteiger partial charge is 0.374 e. The summed E-state index contributed by atoms with van der Waals surface area (Å²) < 4.78 is 5.88. The summed E-state index contributed by atoms with van der Waals surface area (Å²) in [6.07, 6.45) is 1.86. The van der Waals surface area contributed by atoms with E-state index in [0.29, 0.717) is 26.0 Å². The third-order valence-electron chi connectivity index (χ3n) is 4.39. The van der Waals surface area contributed by atoms with E-state index < -0.39 is 0 Å². The molecule has 2 heterocycles. The number of carbonyl (C=O) groups is 2. The molecule has 5 nitrogen and oxygen atoms in total. The first kappa shape index (κ1) is 15.0. The van der Waals surface area contributed by atoms with Gasteiger partial charge in [0.2, 0.25) is 11.8 Å². The van der Waals surface area contributed by atoms with Crippen LogP contribution in [0.3, 0.4) is 0 Å². The van der Waals surface area contributed by atoms with Crippen LogP contribution in [0.1, 0.15) is 25.3 Å². The summed E-state index contributed by atoms with van der Waals surface area (Å²) in [5.74, 6) is -0.000176. The predicted octanol–water partition coefficient (Wildman–Crippen LogP) is 1.12. The number of nitrogens with one attached hydrogen (secondary N) is 1. The zero-order valence-corrected chi connectivity index (χ0v) is 12.8. The molecule has 3 atom stereocenters. The molecule has 2 aliphatic heterocycles. The lowest BCUT2D eigenvalue weighted by Gasteiger charge is -2.39. The van der Waals surface area contributed by atoms with Crippen LogP contribution in [0.5, 0.6) is 0 Å². The molecule has 0 radical (unpaired) electrons. The summed E-state index contributed by atoms with van der Waals surface area (Å²) in [6.45, 7) is 3.12. The van der Waals surface area contributed by atoms with Crippen LogP contribution in [-0.4, -0.2) is 48.1 Å². The summed E-state index contributed by atoms with van der Waals surface area (Å²) >= 11 is 0. The maximum atomic E-state index is 12.6. The normalized spacial score (nSPS) is 28.5. The molecule has 0 aliphatic carbocycles. The van der Waals surface area contributed by atoms with Gasteiger partial charge in [-0.3, -0.25) is 9.59 Å². The quantitative estimate of drug-likeness (QED) is 0.910. The third kappa shape index (κ3) is 3.30. The summed E-state index contributed by atoms with van der Waals surface area (Å²) in [5.41, 5.74) is 1.21. The molecular weight excluding hydrogens is 280 g/mol. The van der Waals surface area contributed by atoms with Crippen LogP contribution in [0.2, 0.25) is 0 Å². The van der Waals surface area contributed by atoms with E-state index in [-0.39, 0.29) is 30.0 Å². The SMILES string of the molecule is CC1COC(Cc2ccccc2)CN1C(=O)C1CCC(=O)N1. The average molecular weight is 302 g/mol. The minimum Gasteiger partial charge on any atom is -0.374 e. The average Bonchev–Trinajstić information content (AvgIpc) is 2.96. The van der Waals surface area contributed by atoms with E-state index in [1.165, 1.54) is 5.56 Å². The summed E-state index contributed by atoms with van der Waals surface area (Å²) in [4.78, 5) is 25.8. The second-order valence-electron chi connectivity index (χ2n) is 6.14. The molecule has 2 amide bonds. The van der Waals surface area contributed by atoms with Crippen molar-refractivity contribution in [1.29, 1.82) is 0 Å². The molecule has 2 aliphatic rings. The highest BCUT2D eigenvalue weighted by molar-refractivity contribution is 5.91. The van der Waals surface area contributed by atoms with Crippen LogP contribution in [0.4, 0.5) is 0 Å². The molecule has 3 unspecified atom stereocenters. The minimum absolute atomic E-state index is 0.0136. The number of amides is 2. The van der Waals surface area contributed by atoms with E-state index in [0.717, 1.165) is 6.42 Å². The van der Waals surface area contributed by atoms with Gasteiger partial charge in [-0.1, -0.05) is 30.3 Å². The van der Waals surface area contributed by atoms with Gasteiger partial charge in [-0.25, -0.2) is 0 Å². The number of ether oxygens (including phenoxy) is 1. The van der Waals surface area contributed by atoms with E-state index in [2.05, 4.69) is 17.4 Å². The fraction of sp³-hybridized carbons (Fsp3) is 0.529. The molecule has 3 rings (SSSR count). The van der Waals surface area contributed by atoms with Gasteiger partial charge >= 0.3 is 0 Å². The lowest BCUT2D eigenvalue weighted by Crippen LogP contribution is -2.56. The molecule has 1 aromatic rings. The van der Waals surface area contributed by atoms with Crippen LogP contribution in [-0.2, 0) is 20.7 Å². The van der Waals surface area contributed by atoms with E-state index in [9.17, 15) is 9.59 Å². The molecule has 5 heteroatoms. The number of benzene rings is 1. The lowest BCUT2D eigenvalue weighted by atomic mass is 10.0. The Balaban J connectivity index is 1.63. The van der Waals surface area contributed by atoms with Crippen LogP contribution in [0.15, 0.2) is 30.3 Å². The van der Waals surface area contributed by atoms with Gasteiger partial charge in [-0.15, -0.1) is 0 Å². The van der Waals surface area contributed by atoms with E-state index in [4.69, 9.17) is 4.74 Å². The third-order valence-corrected chi connectivity index (χ3v) is 4.39. The van der Waals surface area contributed by atoms with Crippen molar-refractivity contribution in [2.24, 2.45) is 0 Å². The van der Waals surface area contributed by atoms with Crippen molar-refractivity contribution in [2.45, 2.75) is 44.4 Å². The van der Waals surface area contributed by atoms with Crippen LogP contribution in [0.25, 0.3) is 0 Å². The fourth-order valence-electron chi connectivity index (χ4n) is 3.12. The maximum Gasteiger partial charge on any atom is 0.245 e. The van der Waals surface area contributed by atoms with Crippen LogP contribution < -0.4 is 5.32 Å². The molecule has 1 aromatic carbocycles. The molecule has 118 valence electrons. The molecule has 0 saturated carbocycles. The second-order valence-corrected chi connectivity index (χ2v) is 6.14. The van der Waals surface area contributed by atoms with Crippen LogP contribution in [0, 0.1) is 0 Å². The lowest BCUT2D eigenvalue weighted by molar-refractivity contribution is -0.146. The topological polar surface area (TPSA) is 58.6 Å². The first-order valence-corrected chi connectivity index (χ1v) is 7.89. The Kier molecular flexibility index (Phi) is 4.43. The monoisotopic (exact) mass is 302 g/mol. The van der Waals surface area contributed by atoms with Crippen molar-refractivity contribution >= 4 is 11.8 Å². The number of nitrogens with zero attached hydrogens (tertiary/aromatic N) is 1. The summed E-state index contributed by atoms with van der Waals surface area (Å²) in [6, 6.07) is 9.86. The second kappa shape index (κ2) is 6.48. The van der Waals surface area contributed by atoms with Gasteiger partial charge in [0.25, 0.3) is 0 Å². The van der Waals surface area contributed by atoms with Crippen molar-refractivity contribution in [3.63, 3.8) is 0 Å². The van der Waals surface area contributed by atoms with Crippen molar-refractivity contribution in [3.05, 3.63) is 35.9 Å². The zero-order chi connectivity index (χ0) is 15.5. The van der Waals surface area contributed by atoms with Gasteiger partial charge in [0.1, 0.15) is 6.04 Å². The Morgan fingerprint density at radius 3 is 2.82 bits per heavy atom. The number of hydrogen-bond donors (Lipinski definition) is 1. The Morgan fingerprint density at radius 1 is 1.36 bits per heavy atom. The van der Waals surface area contributed by atoms with Crippen LogP contribution >= 0.6 is 0 Å². The Labute approximate surface area is 130 Å². The molecule has 0 spiro atoms. The molecule has 2 fully saturated rings. The predicted molar refractivity (Wildman–Crippen MR) is 82.2 cm³/mol. The van der Waals surface area contributed by atoms with Gasteiger partial charge in [0.15, 0.2) is 0 Å². The van der Waals surface area contributed by atoms with Crippen molar-refractivity contribution in [3.8, 4) is 0 Å². The zero-order valence-electron chi connectivity index (χ0n) is 12.8. The molecule has 22 heavy (non-hydrogen) atoms. The number of hydrogen-bond acceptors (Lipinski definition) is 3. The molecule has 2 saturated heterocycles. The Morgan fingerprint density at radius 2 is 2.14 bits per heavy atom. The molecule has 1 N–H and O–H groups in total. The summed E-state index contributed by atoms with van der Waals surface area (Å²) in [7, 11) is 0. The first-order chi connectivity index (χ1) is 10.6. The minimum atomic E-state index is -0.356. The first-order valence-electron chi connectivity index (χ1n) is 7.89. The fourth-order valence-corrected chi connectivity index (χ4v) is 3.12. The highest BCUT2D eigenvalue weighted by atomic mass is 16.5. The van der Waals surface area contributed by atoms with Crippen molar-refractivity contribution < 1.29 is 14.3 Å². The van der Waals surface area contributed by atoms with Gasteiger partial charge in [0, 0.05) is 19.4 Å². The molecule has 0 aromatic heterocycles. The summed E-state index contributed by atoms with van der Waals surface area (Å²) in [5, 5.41) is 2.77. The Bertz CT molecular complexity index is 546. The van der Waals surface area contributed by atoms with Gasteiger partial charge in [-0.05, 0) is 18.9 Å². The number of rotatable bonds is 3. The number of carbonyl (C=O) groups excluding carboxylic acids is 2. The van der Waals surface area contributed by atoms with Gasteiger partial charge in [-0.2, -0.15) is 0 Å². The molecular formula is C17H22N2O3. The smallest absolute Gasteiger partial charge is 0.245 e. The van der Waals surface area contributed by atoms with Crippen molar-refractivity contribution in [1.82, 2.24) is 10.2 Å². The van der Waals surface area contributed by atoms with E-state index in [1.807, 2.05) is 30.0 Å². The van der Waals surface area contributed by atoms with E-state index in [1.54, 1.807) is 0 Å². The standard InChI is InChI=1S/C17H22N2O3/c1-12-11-22-14(9-13-5-3-2-4-6-13)10-19(12)17(21)15-7-8-16(20)18-15/h2-6,12,14-15H,7-11H2,1H3,(H,18,20). The number of morpholine rings is 1. The van der Waals surface area contributed by atoms with Gasteiger partial charge < -0.3 is 15.0 Å².